The number of hydrogen-bond donors (Lipinski definition) is 1. The Morgan fingerprint density at radius 1 is 1.60 bits per heavy atom. The minimum Gasteiger partial charge on any atom is -0.365 e. The highest BCUT2D eigenvalue weighted by atomic mass is 16.5. The van der Waals surface area contributed by atoms with Crippen LogP contribution in [0.2, 0.25) is 0 Å². The Morgan fingerprint density at radius 2 is 2.27 bits per heavy atom. The van der Waals surface area contributed by atoms with Crippen LogP contribution in [0.25, 0.3) is 0 Å². The number of nitrogens with zero attached hydrogens (tertiary/aromatic N) is 1. The van der Waals surface area contributed by atoms with Crippen LogP contribution in [-0.2, 0) is 9.53 Å². The molecule has 1 amide bonds. The van der Waals surface area contributed by atoms with Crippen LogP contribution in [0.3, 0.4) is 0 Å². The first-order valence-corrected chi connectivity index (χ1v) is 5.34. The summed E-state index contributed by atoms with van der Waals surface area (Å²) in [4.78, 5) is 11.9. The lowest BCUT2D eigenvalue weighted by molar-refractivity contribution is -0.140. The van der Waals surface area contributed by atoms with Gasteiger partial charge >= 0.3 is 0 Å². The first-order chi connectivity index (χ1) is 6.99. The van der Waals surface area contributed by atoms with Crippen molar-refractivity contribution >= 4 is 5.91 Å². The van der Waals surface area contributed by atoms with Gasteiger partial charge in [0.2, 0.25) is 0 Å². The van der Waals surface area contributed by atoms with Crippen molar-refractivity contribution in [2.75, 3.05) is 6.61 Å². The lowest BCUT2D eigenvalue weighted by atomic mass is 9.99. The number of nitrogens with one attached hydrogen (secondary N) is 1. The fourth-order valence-electron chi connectivity index (χ4n) is 1.60. The fourth-order valence-corrected chi connectivity index (χ4v) is 1.60. The highest BCUT2D eigenvalue weighted by Gasteiger charge is 2.38. The average Bonchev–Trinajstić information content (AvgIpc) is 2.61. The maximum absolute atomic E-state index is 11.9. The van der Waals surface area contributed by atoms with Crippen LogP contribution in [0.5, 0.6) is 0 Å². The lowest BCUT2D eigenvalue weighted by Crippen LogP contribution is -2.49. The van der Waals surface area contributed by atoms with Gasteiger partial charge in [-0.1, -0.05) is 13.8 Å². The average molecular weight is 210 g/mol. The second-order valence-corrected chi connectivity index (χ2v) is 4.51. The normalized spacial score (nSPS) is 27.4. The molecule has 0 aromatic carbocycles. The predicted octanol–water partition coefficient (Wildman–Crippen LogP) is 1.22. The molecule has 0 radical (unpaired) electrons. The maximum Gasteiger partial charge on any atom is 0.253 e. The molecule has 1 aliphatic rings. The molecule has 4 nitrogen and oxygen atoms in total. The summed E-state index contributed by atoms with van der Waals surface area (Å²) in [6.45, 7) is 6.23. The van der Waals surface area contributed by atoms with E-state index >= 15 is 0 Å². The SMILES string of the molecule is CC(C)C(C#N)NC(=O)C1(C)CCCO1. The van der Waals surface area contributed by atoms with Crippen molar-refractivity contribution in [1.29, 1.82) is 5.26 Å². The first-order valence-electron chi connectivity index (χ1n) is 5.34. The van der Waals surface area contributed by atoms with Crippen LogP contribution in [0.4, 0.5) is 0 Å². The maximum atomic E-state index is 11.9. The van der Waals surface area contributed by atoms with E-state index in [4.69, 9.17) is 10.00 Å². The van der Waals surface area contributed by atoms with Crippen LogP contribution < -0.4 is 5.32 Å². The van der Waals surface area contributed by atoms with Crippen LogP contribution in [-0.4, -0.2) is 24.2 Å². The molecular weight excluding hydrogens is 192 g/mol. The molecule has 15 heavy (non-hydrogen) atoms. The van der Waals surface area contributed by atoms with Crippen molar-refractivity contribution in [3.8, 4) is 6.07 Å². The molecule has 1 aliphatic heterocycles. The van der Waals surface area contributed by atoms with Gasteiger partial charge in [0, 0.05) is 6.61 Å². The number of nitriles is 1. The molecule has 0 bridgehead atoms. The molecule has 2 unspecified atom stereocenters. The van der Waals surface area contributed by atoms with Crippen molar-refractivity contribution in [1.82, 2.24) is 5.32 Å². The Kier molecular flexibility index (Phi) is 3.70. The van der Waals surface area contributed by atoms with Gasteiger partial charge in [-0.2, -0.15) is 5.26 Å². The summed E-state index contributed by atoms with van der Waals surface area (Å²) in [5.41, 5.74) is -0.732. The van der Waals surface area contributed by atoms with Crippen molar-refractivity contribution in [3.05, 3.63) is 0 Å². The highest BCUT2D eigenvalue weighted by molar-refractivity contribution is 5.85. The zero-order valence-corrected chi connectivity index (χ0v) is 9.54. The molecule has 2 atom stereocenters. The van der Waals surface area contributed by atoms with Gasteiger partial charge in [-0.15, -0.1) is 0 Å². The number of ether oxygens (including phenoxy) is 1. The number of hydrogen-bond acceptors (Lipinski definition) is 3. The van der Waals surface area contributed by atoms with Crippen molar-refractivity contribution in [3.63, 3.8) is 0 Å². The standard InChI is InChI=1S/C11H18N2O2/c1-8(2)9(7-12)13-10(14)11(3)5-4-6-15-11/h8-9H,4-6H2,1-3H3,(H,13,14). The molecule has 0 aromatic heterocycles. The first kappa shape index (κ1) is 12.0. The van der Waals surface area contributed by atoms with Crippen molar-refractivity contribution < 1.29 is 9.53 Å². The van der Waals surface area contributed by atoms with Gasteiger partial charge in [0.25, 0.3) is 5.91 Å². The van der Waals surface area contributed by atoms with E-state index in [1.54, 1.807) is 6.92 Å². The number of carbonyl (C=O) groups is 1. The summed E-state index contributed by atoms with van der Waals surface area (Å²) in [6.07, 6.45) is 1.64. The summed E-state index contributed by atoms with van der Waals surface area (Å²) < 4.78 is 5.41. The fraction of sp³-hybridized carbons (Fsp3) is 0.818. The van der Waals surface area contributed by atoms with Gasteiger partial charge in [0.15, 0.2) is 0 Å². The van der Waals surface area contributed by atoms with E-state index in [9.17, 15) is 4.79 Å². The number of carbonyl (C=O) groups excluding carboxylic acids is 1. The molecule has 1 saturated heterocycles. The Bertz CT molecular complexity index is 275. The quantitative estimate of drug-likeness (QED) is 0.761. The van der Waals surface area contributed by atoms with E-state index in [0.29, 0.717) is 6.61 Å². The minimum absolute atomic E-state index is 0.115. The van der Waals surface area contributed by atoms with E-state index < -0.39 is 11.6 Å². The molecule has 84 valence electrons. The van der Waals surface area contributed by atoms with Gasteiger partial charge in [-0.3, -0.25) is 4.79 Å². The molecule has 0 aromatic rings. The van der Waals surface area contributed by atoms with Gasteiger partial charge < -0.3 is 10.1 Å². The summed E-state index contributed by atoms with van der Waals surface area (Å²) >= 11 is 0. The molecule has 0 spiro atoms. The van der Waals surface area contributed by atoms with E-state index in [2.05, 4.69) is 11.4 Å². The lowest BCUT2D eigenvalue weighted by Gasteiger charge is -2.24. The van der Waals surface area contributed by atoms with Gasteiger partial charge in [0.05, 0.1) is 6.07 Å². The summed E-state index contributed by atoms with van der Waals surface area (Å²) in [6, 6.07) is 1.65. The monoisotopic (exact) mass is 210 g/mol. The third-order valence-electron chi connectivity index (χ3n) is 2.79. The zero-order chi connectivity index (χ0) is 11.5. The smallest absolute Gasteiger partial charge is 0.253 e. The molecule has 0 saturated carbocycles. The Balaban J connectivity index is 2.58. The van der Waals surface area contributed by atoms with Crippen LogP contribution in [0, 0.1) is 17.2 Å². The molecule has 1 heterocycles. The third kappa shape index (κ3) is 2.69. The van der Waals surface area contributed by atoms with E-state index in [0.717, 1.165) is 12.8 Å². The van der Waals surface area contributed by atoms with E-state index in [1.165, 1.54) is 0 Å². The summed E-state index contributed by atoms with van der Waals surface area (Å²) in [7, 11) is 0. The second-order valence-electron chi connectivity index (χ2n) is 4.51. The Labute approximate surface area is 90.6 Å². The Morgan fingerprint density at radius 3 is 2.67 bits per heavy atom. The van der Waals surface area contributed by atoms with E-state index in [1.807, 2.05) is 13.8 Å². The predicted molar refractivity (Wildman–Crippen MR) is 56.0 cm³/mol. The van der Waals surface area contributed by atoms with Gasteiger partial charge in [-0.25, -0.2) is 0 Å². The molecular formula is C11H18N2O2. The number of rotatable bonds is 3. The van der Waals surface area contributed by atoms with Crippen LogP contribution >= 0.6 is 0 Å². The third-order valence-corrected chi connectivity index (χ3v) is 2.79. The molecule has 1 N–H and O–H groups in total. The Hall–Kier alpha value is -1.08. The minimum atomic E-state index is -0.732. The summed E-state index contributed by atoms with van der Waals surface area (Å²) in [5, 5.41) is 11.6. The molecule has 1 rings (SSSR count). The zero-order valence-electron chi connectivity index (χ0n) is 9.54. The number of amides is 1. The second kappa shape index (κ2) is 4.63. The van der Waals surface area contributed by atoms with Crippen molar-refractivity contribution in [2.24, 2.45) is 5.92 Å². The molecule has 0 aliphatic carbocycles. The van der Waals surface area contributed by atoms with Crippen LogP contribution in [0.1, 0.15) is 33.6 Å². The van der Waals surface area contributed by atoms with Crippen molar-refractivity contribution in [2.45, 2.75) is 45.3 Å². The molecule has 4 heteroatoms. The van der Waals surface area contributed by atoms with Gasteiger partial charge in [-0.05, 0) is 25.7 Å². The largest absolute Gasteiger partial charge is 0.365 e. The van der Waals surface area contributed by atoms with Gasteiger partial charge in [0.1, 0.15) is 11.6 Å². The molecule has 1 fully saturated rings. The van der Waals surface area contributed by atoms with Crippen LogP contribution in [0.15, 0.2) is 0 Å². The topological polar surface area (TPSA) is 62.1 Å². The summed E-state index contributed by atoms with van der Waals surface area (Å²) in [5.74, 6) is -0.0517. The van der Waals surface area contributed by atoms with E-state index in [-0.39, 0.29) is 11.8 Å². The highest BCUT2D eigenvalue weighted by Crippen LogP contribution is 2.25.